The van der Waals surface area contributed by atoms with Crippen LogP contribution in [-0.2, 0) is 6.42 Å². The molecule has 0 aliphatic rings. The van der Waals surface area contributed by atoms with E-state index in [2.05, 4.69) is 15.5 Å². The Kier molecular flexibility index (Phi) is 3.00. The molecule has 0 bridgehead atoms. The van der Waals surface area contributed by atoms with Crippen molar-refractivity contribution in [2.75, 3.05) is 5.32 Å². The number of aromatic nitrogens is 2. The Morgan fingerprint density at radius 2 is 2.12 bits per heavy atom. The van der Waals surface area contributed by atoms with E-state index in [1.165, 1.54) is 0 Å². The Morgan fingerprint density at radius 3 is 2.81 bits per heavy atom. The van der Waals surface area contributed by atoms with E-state index in [0.717, 1.165) is 12.0 Å². The predicted octanol–water partition coefficient (Wildman–Crippen LogP) is 2.22. The van der Waals surface area contributed by atoms with Gasteiger partial charge in [0.2, 0.25) is 0 Å². The second-order valence-corrected chi connectivity index (χ2v) is 3.44. The first-order valence-corrected chi connectivity index (χ1v) is 5.20. The average molecular weight is 215 g/mol. The Hall–Kier alpha value is -2.10. The third kappa shape index (κ3) is 2.11. The molecule has 0 atom stereocenters. The Balaban J connectivity index is 2.14. The molecule has 1 amide bonds. The molecule has 2 aromatic rings. The first-order chi connectivity index (χ1) is 7.81. The van der Waals surface area contributed by atoms with Gasteiger partial charge in [0, 0.05) is 11.1 Å². The third-order valence-corrected chi connectivity index (χ3v) is 2.37. The van der Waals surface area contributed by atoms with Crippen LogP contribution >= 0.6 is 0 Å². The highest BCUT2D eigenvalue weighted by Gasteiger charge is 2.08. The number of H-pyrrole nitrogens is 1. The number of hydrogen-bond acceptors (Lipinski definition) is 2. The number of anilines is 1. The number of rotatable bonds is 3. The number of amides is 1. The lowest BCUT2D eigenvalue weighted by molar-refractivity contribution is 0.102. The van der Waals surface area contributed by atoms with Gasteiger partial charge in [-0.25, -0.2) is 0 Å². The van der Waals surface area contributed by atoms with Crippen molar-refractivity contribution in [1.29, 1.82) is 0 Å². The van der Waals surface area contributed by atoms with E-state index in [4.69, 9.17) is 0 Å². The maximum atomic E-state index is 11.8. The molecule has 0 unspecified atom stereocenters. The van der Waals surface area contributed by atoms with Crippen molar-refractivity contribution in [3.05, 3.63) is 47.7 Å². The van der Waals surface area contributed by atoms with Gasteiger partial charge in [-0.2, -0.15) is 5.10 Å². The van der Waals surface area contributed by atoms with Crippen molar-refractivity contribution in [3.8, 4) is 0 Å². The number of carbonyl (C=O) groups excluding carboxylic acids is 1. The molecule has 0 saturated heterocycles. The first kappa shape index (κ1) is 10.4. The minimum atomic E-state index is -0.125. The second-order valence-electron chi connectivity index (χ2n) is 3.44. The summed E-state index contributed by atoms with van der Waals surface area (Å²) in [7, 11) is 0. The van der Waals surface area contributed by atoms with Crippen molar-refractivity contribution in [2.24, 2.45) is 0 Å². The molecule has 16 heavy (non-hydrogen) atoms. The third-order valence-electron chi connectivity index (χ3n) is 2.37. The molecular formula is C12H13N3O. The molecule has 2 N–H and O–H groups in total. The summed E-state index contributed by atoms with van der Waals surface area (Å²) in [5.74, 6) is 0.552. The van der Waals surface area contributed by atoms with Gasteiger partial charge in [0.25, 0.3) is 5.91 Å². The van der Waals surface area contributed by atoms with Crippen LogP contribution in [0.3, 0.4) is 0 Å². The van der Waals surface area contributed by atoms with Gasteiger partial charge in [-0.15, -0.1) is 0 Å². The summed E-state index contributed by atoms with van der Waals surface area (Å²) in [5, 5.41) is 9.48. The summed E-state index contributed by atoms with van der Waals surface area (Å²) in [6, 6.07) is 9.10. The maximum Gasteiger partial charge on any atom is 0.256 e. The molecule has 2 rings (SSSR count). The molecule has 0 aliphatic carbocycles. The standard InChI is InChI=1S/C12H13N3O/c1-2-9-8-13-15-11(9)14-12(16)10-6-4-3-5-7-10/h3-8H,2H2,1H3,(H2,13,14,15,16). The van der Waals surface area contributed by atoms with Crippen LogP contribution < -0.4 is 5.32 Å². The fraction of sp³-hybridized carbons (Fsp3) is 0.167. The number of aromatic amines is 1. The minimum absolute atomic E-state index is 0.125. The topological polar surface area (TPSA) is 57.8 Å². The second kappa shape index (κ2) is 4.61. The van der Waals surface area contributed by atoms with Crippen LogP contribution in [0.2, 0.25) is 0 Å². The van der Waals surface area contributed by atoms with E-state index in [-0.39, 0.29) is 5.91 Å². The molecule has 82 valence electrons. The van der Waals surface area contributed by atoms with E-state index >= 15 is 0 Å². The highest BCUT2D eigenvalue weighted by molar-refractivity contribution is 6.04. The van der Waals surface area contributed by atoms with Gasteiger partial charge in [-0.05, 0) is 18.6 Å². The van der Waals surface area contributed by atoms with Gasteiger partial charge in [-0.1, -0.05) is 25.1 Å². The molecule has 0 aliphatic heterocycles. The lowest BCUT2D eigenvalue weighted by Gasteiger charge is -2.04. The van der Waals surface area contributed by atoms with Gasteiger partial charge in [-0.3, -0.25) is 9.89 Å². The van der Waals surface area contributed by atoms with E-state index in [1.54, 1.807) is 18.3 Å². The summed E-state index contributed by atoms with van der Waals surface area (Å²) < 4.78 is 0. The van der Waals surface area contributed by atoms with Crippen LogP contribution in [-0.4, -0.2) is 16.1 Å². The first-order valence-electron chi connectivity index (χ1n) is 5.20. The van der Waals surface area contributed by atoms with Crippen molar-refractivity contribution in [2.45, 2.75) is 13.3 Å². The number of carbonyl (C=O) groups is 1. The number of benzene rings is 1. The fourth-order valence-electron chi connectivity index (χ4n) is 1.46. The molecule has 4 nitrogen and oxygen atoms in total. The molecule has 0 saturated carbocycles. The summed E-state index contributed by atoms with van der Waals surface area (Å²) >= 11 is 0. The Morgan fingerprint density at radius 1 is 1.38 bits per heavy atom. The molecule has 0 radical (unpaired) electrons. The van der Waals surface area contributed by atoms with E-state index < -0.39 is 0 Å². The largest absolute Gasteiger partial charge is 0.307 e. The molecule has 4 heteroatoms. The SMILES string of the molecule is CCc1cn[nH]c1NC(=O)c1ccccc1. The van der Waals surface area contributed by atoms with Crippen LogP contribution in [0.15, 0.2) is 36.5 Å². The summed E-state index contributed by atoms with van der Waals surface area (Å²) in [4.78, 5) is 11.8. The van der Waals surface area contributed by atoms with Crippen molar-refractivity contribution in [3.63, 3.8) is 0 Å². The summed E-state index contributed by atoms with van der Waals surface area (Å²) in [5.41, 5.74) is 1.64. The van der Waals surface area contributed by atoms with Crippen molar-refractivity contribution < 1.29 is 4.79 Å². The van der Waals surface area contributed by atoms with Crippen LogP contribution in [0.5, 0.6) is 0 Å². The van der Waals surface area contributed by atoms with Gasteiger partial charge < -0.3 is 5.32 Å². The zero-order valence-corrected chi connectivity index (χ0v) is 9.03. The molecular weight excluding hydrogens is 202 g/mol. The highest BCUT2D eigenvalue weighted by atomic mass is 16.1. The molecule has 0 spiro atoms. The van der Waals surface area contributed by atoms with Gasteiger partial charge in [0.1, 0.15) is 5.82 Å². The van der Waals surface area contributed by atoms with Crippen LogP contribution in [0.1, 0.15) is 22.8 Å². The Bertz CT molecular complexity index is 476. The number of aryl methyl sites for hydroxylation is 1. The van der Waals surface area contributed by atoms with E-state index in [9.17, 15) is 4.79 Å². The van der Waals surface area contributed by atoms with Crippen LogP contribution in [0.25, 0.3) is 0 Å². The van der Waals surface area contributed by atoms with Crippen molar-refractivity contribution >= 4 is 11.7 Å². The van der Waals surface area contributed by atoms with Crippen LogP contribution in [0.4, 0.5) is 5.82 Å². The summed E-state index contributed by atoms with van der Waals surface area (Å²) in [6.45, 7) is 2.02. The molecule has 1 aromatic heterocycles. The minimum Gasteiger partial charge on any atom is -0.307 e. The number of hydrogen-bond donors (Lipinski definition) is 2. The Labute approximate surface area is 93.7 Å². The quantitative estimate of drug-likeness (QED) is 0.824. The molecule has 0 fully saturated rings. The highest BCUT2D eigenvalue weighted by Crippen LogP contribution is 2.12. The van der Waals surface area contributed by atoms with E-state index in [1.807, 2.05) is 25.1 Å². The summed E-state index contributed by atoms with van der Waals surface area (Å²) in [6.07, 6.45) is 2.56. The lowest BCUT2D eigenvalue weighted by Crippen LogP contribution is -2.13. The van der Waals surface area contributed by atoms with Crippen LogP contribution in [0, 0.1) is 0 Å². The number of nitrogens with one attached hydrogen (secondary N) is 2. The fourth-order valence-corrected chi connectivity index (χ4v) is 1.46. The predicted molar refractivity (Wildman–Crippen MR) is 62.4 cm³/mol. The zero-order chi connectivity index (χ0) is 11.4. The lowest BCUT2D eigenvalue weighted by atomic mass is 10.2. The molecule has 1 heterocycles. The smallest absolute Gasteiger partial charge is 0.256 e. The van der Waals surface area contributed by atoms with Crippen molar-refractivity contribution in [1.82, 2.24) is 10.2 Å². The maximum absolute atomic E-state index is 11.8. The number of nitrogens with zero attached hydrogens (tertiary/aromatic N) is 1. The van der Waals surface area contributed by atoms with Gasteiger partial charge >= 0.3 is 0 Å². The van der Waals surface area contributed by atoms with Gasteiger partial charge in [0.05, 0.1) is 6.20 Å². The molecule has 1 aromatic carbocycles. The van der Waals surface area contributed by atoms with E-state index in [0.29, 0.717) is 11.4 Å². The van der Waals surface area contributed by atoms with Gasteiger partial charge in [0.15, 0.2) is 0 Å². The zero-order valence-electron chi connectivity index (χ0n) is 9.03. The normalized spacial score (nSPS) is 10.1. The average Bonchev–Trinajstić information content (AvgIpc) is 2.77. The monoisotopic (exact) mass is 215 g/mol.